The number of carbonyl (C=O) groups excluding carboxylic acids is 1. The molecule has 2 amide bonds. The average Bonchev–Trinajstić information content (AvgIpc) is 2.24. The SMILES string of the molecule is CN(C)CC(C)(C)CNC(=O)NCCOCC(=O)O. The van der Waals surface area contributed by atoms with E-state index in [2.05, 4.69) is 29.4 Å². The molecule has 0 saturated carbocycles. The summed E-state index contributed by atoms with van der Waals surface area (Å²) in [6.45, 7) is 5.70. The van der Waals surface area contributed by atoms with E-state index in [-0.39, 0.29) is 31.2 Å². The molecule has 0 aliphatic rings. The number of nitrogens with one attached hydrogen (secondary N) is 2. The van der Waals surface area contributed by atoms with Crippen LogP contribution in [0.5, 0.6) is 0 Å². The second-order valence-corrected chi connectivity index (χ2v) is 5.46. The molecule has 0 heterocycles. The molecular formula is C12H25N3O4. The zero-order chi connectivity index (χ0) is 14.9. The minimum atomic E-state index is -1.02. The lowest BCUT2D eigenvalue weighted by Gasteiger charge is -2.28. The number of amides is 2. The average molecular weight is 275 g/mol. The van der Waals surface area contributed by atoms with Gasteiger partial charge in [0.1, 0.15) is 6.61 Å². The van der Waals surface area contributed by atoms with Crippen LogP contribution in [-0.2, 0) is 9.53 Å². The maximum Gasteiger partial charge on any atom is 0.329 e. The molecule has 112 valence electrons. The number of carbonyl (C=O) groups is 2. The summed E-state index contributed by atoms with van der Waals surface area (Å²) in [5.41, 5.74) is -0.0132. The van der Waals surface area contributed by atoms with Crippen LogP contribution in [0.2, 0.25) is 0 Å². The summed E-state index contributed by atoms with van der Waals surface area (Å²) < 4.78 is 4.79. The Hall–Kier alpha value is -1.34. The van der Waals surface area contributed by atoms with Crippen LogP contribution in [0.4, 0.5) is 4.79 Å². The second-order valence-electron chi connectivity index (χ2n) is 5.46. The molecule has 0 aliphatic carbocycles. The molecule has 0 unspecified atom stereocenters. The summed E-state index contributed by atoms with van der Waals surface area (Å²) in [7, 11) is 3.98. The topological polar surface area (TPSA) is 90.9 Å². The summed E-state index contributed by atoms with van der Waals surface area (Å²) in [4.78, 5) is 23.7. The molecule has 0 spiro atoms. The number of hydrogen-bond acceptors (Lipinski definition) is 4. The number of nitrogens with zero attached hydrogens (tertiary/aromatic N) is 1. The number of aliphatic carboxylic acids is 1. The van der Waals surface area contributed by atoms with Gasteiger partial charge in [-0.1, -0.05) is 13.8 Å². The van der Waals surface area contributed by atoms with E-state index < -0.39 is 5.97 Å². The summed E-state index contributed by atoms with van der Waals surface area (Å²) in [5, 5.41) is 13.7. The first kappa shape index (κ1) is 17.7. The Morgan fingerprint density at radius 1 is 1.26 bits per heavy atom. The van der Waals surface area contributed by atoms with E-state index in [1.165, 1.54) is 0 Å². The Kier molecular flexibility index (Phi) is 8.09. The first-order valence-electron chi connectivity index (χ1n) is 6.19. The van der Waals surface area contributed by atoms with E-state index in [0.717, 1.165) is 6.54 Å². The van der Waals surface area contributed by atoms with Gasteiger partial charge in [0, 0.05) is 19.6 Å². The molecule has 0 aromatic carbocycles. The molecule has 0 radical (unpaired) electrons. The predicted octanol–water partition coefficient (Wildman–Crippen LogP) is -0.0254. The molecule has 7 nitrogen and oxygen atoms in total. The minimum Gasteiger partial charge on any atom is -0.480 e. The predicted molar refractivity (Wildman–Crippen MR) is 72.2 cm³/mol. The van der Waals surface area contributed by atoms with Crippen LogP contribution < -0.4 is 10.6 Å². The zero-order valence-electron chi connectivity index (χ0n) is 12.2. The first-order valence-corrected chi connectivity index (χ1v) is 6.19. The van der Waals surface area contributed by atoms with Crippen molar-refractivity contribution >= 4 is 12.0 Å². The Labute approximate surface area is 114 Å². The fourth-order valence-corrected chi connectivity index (χ4v) is 1.69. The van der Waals surface area contributed by atoms with Gasteiger partial charge >= 0.3 is 12.0 Å². The summed E-state index contributed by atoms with van der Waals surface area (Å²) in [6.07, 6.45) is 0. The number of carboxylic acid groups (broad SMARTS) is 1. The Bertz CT molecular complexity index is 293. The molecule has 0 saturated heterocycles. The lowest BCUT2D eigenvalue weighted by Crippen LogP contribution is -2.44. The van der Waals surface area contributed by atoms with E-state index in [1.807, 2.05) is 14.1 Å². The van der Waals surface area contributed by atoms with Gasteiger partial charge in [0.2, 0.25) is 0 Å². The summed E-state index contributed by atoms with van der Waals surface area (Å²) >= 11 is 0. The molecule has 0 bridgehead atoms. The normalized spacial score (nSPS) is 11.4. The van der Waals surface area contributed by atoms with Crippen molar-refractivity contribution in [3.63, 3.8) is 0 Å². The highest BCUT2D eigenvalue weighted by molar-refractivity contribution is 5.73. The van der Waals surface area contributed by atoms with Gasteiger partial charge in [-0.3, -0.25) is 0 Å². The number of urea groups is 1. The van der Waals surface area contributed by atoms with Crippen LogP contribution in [0.15, 0.2) is 0 Å². The van der Waals surface area contributed by atoms with E-state index in [0.29, 0.717) is 6.54 Å². The molecule has 0 aromatic rings. The number of ether oxygens (including phenoxy) is 1. The quantitative estimate of drug-likeness (QED) is 0.514. The smallest absolute Gasteiger partial charge is 0.329 e. The van der Waals surface area contributed by atoms with Gasteiger partial charge in [-0.2, -0.15) is 0 Å². The van der Waals surface area contributed by atoms with Crippen molar-refractivity contribution < 1.29 is 19.4 Å². The Morgan fingerprint density at radius 3 is 2.42 bits per heavy atom. The van der Waals surface area contributed by atoms with Crippen LogP contribution in [0.3, 0.4) is 0 Å². The largest absolute Gasteiger partial charge is 0.480 e. The van der Waals surface area contributed by atoms with Gasteiger partial charge in [-0.05, 0) is 19.5 Å². The molecule has 0 atom stereocenters. The van der Waals surface area contributed by atoms with Crippen molar-refractivity contribution in [1.29, 1.82) is 0 Å². The van der Waals surface area contributed by atoms with Crippen molar-refractivity contribution in [1.82, 2.24) is 15.5 Å². The molecule has 0 fully saturated rings. The van der Waals surface area contributed by atoms with Crippen LogP contribution in [0.25, 0.3) is 0 Å². The minimum absolute atomic E-state index is 0.0132. The highest BCUT2D eigenvalue weighted by Gasteiger charge is 2.19. The third kappa shape index (κ3) is 11.5. The fraction of sp³-hybridized carbons (Fsp3) is 0.833. The third-order valence-corrected chi connectivity index (χ3v) is 2.23. The molecule has 3 N–H and O–H groups in total. The van der Waals surface area contributed by atoms with Gasteiger partial charge in [0.25, 0.3) is 0 Å². The van der Waals surface area contributed by atoms with Crippen molar-refractivity contribution in [3.8, 4) is 0 Å². The van der Waals surface area contributed by atoms with Crippen molar-refractivity contribution in [2.75, 3.05) is 46.9 Å². The third-order valence-electron chi connectivity index (χ3n) is 2.23. The highest BCUT2D eigenvalue weighted by atomic mass is 16.5. The highest BCUT2D eigenvalue weighted by Crippen LogP contribution is 2.13. The van der Waals surface area contributed by atoms with Crippen LogP contribution >= 0.6 is 0 Å². The van der Waals surface area contributed by atoms with Gasteiger partial charge in [-0.25, -0.2) is 9.59 Å². The van der Waals surface area contributed by atoms with Gasteiger partial charge in [0.15, 0.2) is 0 Å². The van der Waals surface area contributed by atoms with E-state index >= 15 is 0 Å². The lowest BCUT2D eigenvalue weighted by molar-refractivity contribution is -0.142. The van der Waals surface area contributed by atoms with Crippen molar-refractivity contribution in [2.45, 2.75) is 13.8 Å². The van der Waals surface area contributed by atoms with Gasteiger partial charge < -0.3 is 25.4 Å². The monoisotopic (exact) mass is 275 g/mol. The summed E-state index contributed by atoms with van der Waals surface area (Å²) in [5.74, 6) is -1.02. The molecule has 0 aliphatic heterocycles. The van der Waals surface area contributed by atoms with Crippen molar-refractivity contribution in [2.24, 2.45) is 5.41 Å². The Morgan fingerprint density at radius 2 is 1.89 bits per heavy atom. The number of hydrogen-bond donors (Lipinski definition) is 3. The molecule has 19 heavy (non-hydrogen) atoms. The maximum absolute atomic E-state index is 11.5. The number of rotatable bonds is 9. The second kappa shape index (κ2) is 8.71. The fourth-order valence-electron chi connectivity index (χ4n) is 1.69. The molecule has 0 rings (SSSR count). The van der Waals surface area contributed by atoms with Gasteiger partial charge in [-0.15, -0.1) is 0 Å². The van der Waals surface area contributed by atoms with Crippen molar-refractivity contribution in [3.05, 3.63) is 0 Å². The molecule has 7 heteroatoms. The Balaban J connectivity index is 3.67. The molecule has 0 aromatic heterocycles. The van der Waals surface area contributed by atoms with Gasteiger partial charge in [0.05, 0.1) is 6.61 Å². The first-order chi connectivity index (χ1) is 8.73. The van der Waals surface area contributed by atoms with Crippen LogP contribution in [0.1, 0.15) is 13.8 Å². The maximum atomic E-state index is 11.5. The molecular weight excluding hydrogens is 250 g/mol. The van der Waals surface area contributed by atoms with E-state index in [1.54, 1.807) is 0 Å². The van der Waals surface area contributed by atoms with Crippen LogP contribution in [-0.4, -0.2) is 69.0 Å². The van der Waals surface area contributed by atoms with E-state index in [4.69, 9.17) is 9.84 Å². The van der Waals surface area contributed by atoms with Crippen LogP contribution in [0, 0.1) is 5.41 Å². The lowest BCUT2D eigenvalue weighted by atomic mass is 9.93. The zero-order valence-corrected chi connectivity index (χ0v) is 12.2. The standard InChI is InChI=1S/C12H25N3O4/c1-12(2,9-15(3)4)8-14-11(18)13-5-6-19-7-10(16)17/h5-9H2,1-4H3,(H,16,17)(H2,13,14,18). The summed E-state index contributed by atoms with van der Waals surface area (Å²) in [6, 6.07) is -0.272. The van der Waals surface area contributed by atoms with E-state index in [9.17, 15) is 9.59 Å². The number of carboxylic acids is 1.